The van der Waals surface area contributed by atoms with Gasteiger partial charge >= 0.3 is 0 Å². The molecule has 0 aliphatic heterocycles. The molecule has 1 aromatic rings. The fourth-order valence-corrected chi connectivity index (χ4v) is 2.89. The standard InChI is InChI=1S/C10H17NS2/c1-3-5-12-9-7-11-8-10(9)13-6-4-2/h7-8,11H,3-6H2,1-2H3. The quantitative estimate of drug-likeness (QED) is 0.721. The fraction of sp³-hybridized carbons (Fsp3) is 0.600. The van der Waals surface area contributed by atoms with E-state index in [4.69, 9.17) is 0 Å². The maximum atomic E-state index is 3.17. The van der Waals surface area contributed by atoms with Crippen LogP contribution in [0.5, 0.6) is 0 Å². The van der Waals surface area contributed by atoms with Crippen molar-refractivity contribution in [3.05, 3.63) is 12.4 Å². The van der Waals surface area contributed by atoms with E-state index < -0.39 is 0 Å². The maximum absolute atomic E-state index is 3.17. The van der Waals surface area contributed by atoms with Gasteiger partial charge in [0.2, 0.25) is 0 Å². The van der Waals surface area contributed by atoms with E-state index in [9.17, 15) is 0 Å². The maximum Gasteiger partial charge on any atom is 0.0383 e. The van der Waals surface area contributed by atoms with E-state index >= 15 is 0 Å². The first-order chi connectivity index (χ1) is 6.38. The highest BCUT2D eigenvalue weighted by atomic mass is 32.2. The molecule has 1 rings (SSSR count). The molecule has 1 nitrogen and oxygen atoms in total. The first-order valence-corrected chi connectivity index (χ1v) is 6.78. The van der Waals surface area contributed by atoms with Gasteiger partial charge in [-0.2, -0.15) is 0 Å². The molecule has 13 heavy (non-hydrogen) atoms. The normalized spacial score (nSPS) is 10.6. The summed E-state index contributed by atoms with van der Waals surface area (Å²) in [4.78, 5) is 6.01. The van der Waals surface area contributed by atoms with Crippen LogP contribution in [0.3, 0.4) is 0 Å². The van der Waals surface area contributed by atoms with Gasteiger partial charge in [-0.1, -0.05) is 13.8 Å². The smallest absolute Gasteiger partial charge is 0.0383 e. The van der Waals surface area contributed by atoms with Crippen LogP contribution < -0.4 is 0 Å². The zero-order valence-corrected chi connectivity index (χ0v) is 9.93. The molecule has 1 heterocycles. The summed E-state index contributed by atoms with van der Waals surface area (Å²) in [6, 6.07) is 0. The molecule has 0 amide bonds. The number of aromatic nitrogens is 1. The molecule has 0 aromatic carbocycles. The summed E-state index contributed by atoms with van der Waals surface area (Å²) in [6.07, 6.45) is 6.71. The lowest BCUT2D eigenvalue weighted by atomic mass is 10.6. The van der Waals surface area contributed by atoms with Crippen molar-refractivity contribution in [2.75, 3.05) is 11.5 Å². The van der Waals surface area contributed by atoms with Gasteiger partial charge in [0.1, 0.15) is 0 Å². The van der Waals surface area contributed by atoms with Gasteiger partial charge in [0.05, 0.1) is 0 Å². The fourth-order valence-electron chi connectivity index (χ4n) is 0.985. The number of aromatic amines is 1. The largest absolute Gasteiger partial charge is 0.366 e. The first kappa shape index (κ1) is 11.1. The summed E-state index contributed by atoms with van der Waals surface area (Å²) in [6.45, 7) is 4.44. The van der Waals surface area contributed by atoms with Crippen LogP contribution in [0.2, 0.25) is 0 Å². The highest BCUT2D eigenvalue weighted by Crippen LogP contribution is 2.31. The molecule has 0 saturated carbocycles. The molecule has 74 valence electrons. The molecular weight excluding hydrogens is 198 g/mol. The number of H-pyrrole nitrogens is 1. The molecule has 0 fully saturated rings. The van der Waals surface area contributed by atoms with E-state index in [0.29, 0.717) is 0 Å². The van der Waals surface area contributed by atoms with Crippen LogP contribution in [0.4, 0.5) is 0 Å². The Labute approximate surface area is 89.1 Å². The van der Waals surface area contributed by atoms with Crippen molar-refractivity contribution in [1.82, 2.24) is 4.98 Å². The van der Waals surface area contributed by atoms with Crippen molar-refractivity contribution >= 4 is 23.5 Å². The lowest BCUT2D eigenvalue weighted by Gasteiger charge is -2.00. The molecular formula is C10H17NS2. The Morgan fingerprint density at radius 3 is 1.85 bits per heavy atom. The van der Waals surface area contributed by atoms with Gasteiger partial charge in [0, 0.05) is 22.2 Å². The van der Waals surface area contributed by atoms with Gasteiger partial charge < -0.3 is 4.98 Å². The Morgan fingerprint density at radius 1 is 1.00 bits per heavy atom. The van der Waals surface area contributed by atoms with Crippen LogP contribution >= 0.6 is 23.5 Å². The minimum Gasteiger partial charge on any atom is -0.366 e. The average molecular weight is 215 g/mol. The molecule has 0 bridgehead atoms. The second kappa shape index (κ2) is 6.44. The molecule has 0 atom stereocenters. The zero-order valence-electron chi connectivity index (χ0n) is 8.30. The predicted molar refractivity (Wildman–Crippen MR) is 62.8 cm³/mol. The minimum atomic E-state index is 1.22. The third kappa shape index (κ3) is 3.69. The van der Waals surface area contributed by atoms with Crippen LogP contribution in [0, 0.1) is 0 Å². The first-order valence-electron chi connectivity index (χ1n) is 4.80. The summed E-state index contributed by atoms with van der Waals surface area (Å²) in [5.74, 6) is 2.44. The van der Waals surface area contributed by atoms with E-state index in [2.05, 4.69) is 31.2 Å². The van der Waals surface area contributed by atoms with Crippen LogP contribution in [0.1, 0.15) is 26.7 Å². The number of thioether (sulfide) groups is 2. The third-order valence-electron chi connectivity index (χ3n) is 1.60. The van der Waals surface area contributed by atoms with Crippen molar-refractivity contribution in [2.24, 2.45) is 0 Å². The molecule has 3 heteroatoms. The van der Waals surface area contributed by atoms with Gasteiger partial charge in [0.15, 0.2) is 0 Å². The summed E-state index contributed by atoms with van der Waals surface area (Å²) < 4.78 is 0. The predicted octanol–water partition coefficient (Wildman–Crippen LogP) is 4.02. The Morgan fingerprint density at radius 2 is 1.46 bits per heavy atom. The number of hydrogen-bond donors (Lipinski definition) is 1. The summed E-state index contributed by atoms with van der Waals surface area (Å²) in [5, 5.41) is 0. The van der Waals surface area contributed by atoms with Gasteiger partial charge in [-0.05, 0) is 24.3 Å². The van der Waals surface area contributed by atoms with Crippen LogP contribution in [0.25, 0.3) is 0 Å². The average Bonchev–Trinajstić information content (AvgIpc) is 2.59. The summed E-state index contributed by atoms with van der Waals surface area (Å²) in [7, 11) is 0. The van der Waals surface area contributed by atoms with Gasteiger partial charge in [-0.15, -0.1) is 23.5 Å². The van der Waals surface area contributed by atoms with Crippen molar-refractivity contribution in [2.45, 2.75) is 36.5 Å². The highest BCUT2D eigenvalue weighted by molar-refractivity contribution is 8.02. The summed E-state index contributed by atoms with van der Waals surface area (Å²) >= 11 is 3.90. The van der Waals surface area contributed by atoms with Crippen LogP contribution in [-0.4, -0.2) is 16.5 Å². The Kier molecular flexibility index (Phi) is 5.47. The molecule has 0 radical (unpaired) electrons. The van der Waals surface area contributed by atoms with E-state index in [1.54, 1.807) is 0 Å². The molecule has 0 unspecified atom stereocenters. The van der Waals surface area contributed by atoms with Crippen molar-refractivity contribution in [3.8, 4) is 0 Å². The zero-order chi connectivity index (χ0) is 9.52. The molecule has 1 aromatic heterocycles. The Bertz CT molecular complexity index is 210. The molecule has 1 N–H and O–H groups in total. The minimum absolute atomic E-state index is 1.22. The number of nitrogens with one attached hydrogen (secondary N) is 1. The van der Waals surface area contributed by atoms with Crippen molar-refractivity contribution < 1.29 is 0 Å². The molecule has 0 aliphatic rings. The highest BCUT2D eigenvalue weighted by Gasteiger charge is 2.03. The topological polar surface area (TPSA) is 15.8 Å². The third-order valence-corrected chi connectivity index (χ3v) is 4.25. The van der Waals surface area contributed by atoms with Crippen LogP contribution in [0.15, 0.2) is 22.2 Å². The molecule has 0 saturated heterocycles. The number of rotatable bonds is 6. The van der Waals surface area contributed by atoms with E-state index in [0.717, 1.165) is 0 Å². The molecule has 0 spiro atoms. The van der Waals surface area contributed by atoms with E-state index in [-0.39, 0.29) is 0 Å². The second-order valence-electron chi connectivity index (χ2n) is 2.88. The van der Waals surface area contributed by atoms with Crippen LogP contribution in [-0.2, 0) is 0 Å². The lowest BCUT2D eigenvalue weighted by Crippen LogP contribution is -1.77. The second-order valence-corrected chi connectivity index (χ2v) is 5.15. The molecule has 0 aliphatic carbocycles. The monoisotopic (exact) mass is 215 g/mol. The number of hydrogen-bond acceptors (Lipinski definition) is 2. The SMILES string of the molecule is CCCSc1c[nH]cc1SCCC. The van der Waals surface area contributed by atoms with E-state index in [1.165, 1.54) is 34.1 Å². The van der Waals surface area contributed by atoms with Crippen molar-refractivity contribution in [3.63, 3.8) is 0 Å². The lowest BCUT2D eigenvalue weighted by molar-refractivity contribution is 1.09. The van der Waals surface area contributed by atoms with E-state index in [1.807, 2.05) is 23.5 Å². The Balaban J connectivity index is 2.45. The van der Waals surface area contributed by atoms with Gasteiger partial charge in [-0.3, -0.25) is 0 Å². The van der Waals surface area contributed by atoms with Crippen molar-refractivity contribution in [1.29, 1.82) is 0 Å². The Hall–Kier alpha value is -0.0200. The van der Waals surface area contributed by atoms with Gasteiger partial charge in [-0.25, -0.2) is 0 Å². The van der Waals surface area contributed by atoms with Gasteiger partial charge in [0.25, 0.3) is 0 Å². The summed E-state index contributed by atoms with van der Waals surface area (Å²) in [5.41, 5.74) is 0.